The Bertz CT molecular complexity index is 442. The summed E-state index contributed by atoms with van der Waals surface area (Å²) in [5.74, 6) is 0.512. The summed E-state index contributed by atoms with van der Waals surface area (Å²) in [6, 6.07) is 0.587. The molecule has 1 amide bonds. The smallest absolute Gasteiger partial charge is 0.276 e. The standard InChI is InChI=1S/C13H23N5O/c1-9(2)18-6-5-11(8-18)7-17(4)13(19)12-10(3)14-16-15-12/h9,11H,5-8H2,1-4H3,(H,14,15,16). The first-order valence-electron chi connectivity index (χ1n) is 6.86. The van der Waals surface area contributed by atoms with Crippen LogP contribution in [0.15, 0.2) is 0 Å². The average molecular weight is 265 g/mol. The van der Waals surface area contributed by atoms with Crippen LogP contribution in [0, 0.1) is 12.8 Å². The van der Waals surface area contributed by atoms with Crippen LogP contribution in [0.2, 0.25) is 0 Å². The van der Waals surface area contributed by atoms with Gasteiger partial charge in [-0.3, -0.25) is 4.79 Å². The van der Waals surface area contributed by atoms with E-state index in [1.165, 1.54) is 0 Å². The maximum absolute atomic E-state index is 12.2. The van der Waals surface area contributed by atoms with Gasteiger partial charge in [-0.2, -0.15) is 15.4 Å². The second kappa shape index (κ2) is 5.69. The zero-order chi connectivity index (χ0) is 14.0. The summed E-state index contributed by atoms with van der Waals surface area (Å²) in [4.78, 5) is 16.4. The molecule has 1 aromatic rings. The van der Waals surface area contributed by atoms with E-state index in [9.17, 15) is 4.79 Å². The van der Waals surface area contributed by atoms with Crippen LogP contribution in [-0.2, 0) is 0 Å². The molecule has 1 aliphatic rings. The lowest BCUT2D eigenvalue weighted by molar-refractivity contribution is 0.0766. The molecule has 2 heterocycles. The molecule has 1 saturated heterocycles. The molecule has 1 fully saturated rings. The van der Waals surface area contributed by atoms with Crippen LogP contribution in [0.4, 0.5) is 0 Å². The van der Waals surface area contributed by atoms with Crippen molar-refractivity contribution in [2.24, 2.45) is 5.92 Å². The van der Waals surface area contributed by atoms with Gasteiger partial charge in [-0.05, 0) is 39.7 Å². The molecule has 0 aromatic carbocycles. The zero-order valence-corrected chi connectivity index (χ0v) is 12.2. The second-order valence-electron chi connectivity index (χ2n) is 5.69. The summed E-state index contributed by atoms with van der Waals surface area (Å²) in [5.41, 5.74) is 1.09. The monoisotopic (exact) mass is 265 g/mol. The van der Waals surface area contributed by atoms with Crippen molar-refractivity contribution in [2.75, 3.05) is 26.7 Å². The number of aromatic amines is 1. The van der Waals surface area contributed by atoms with Gasteiger partial charge < -0.3 is 9.80 Å². The Morgan fingerprint density at radius 3 is 2.79 bits per heavy atom. The number of carbonyl (C=O) groups excluding carboxylic acids is 1. The van der Waals surface area contributed by atoms with E-state index in [0.717, 1.165) is 26.1 Å². The van der Waals surface area contributed by atoms with Crippen LogP contribution in [0.25, 0.3) is 0 Å². The van der Waals surface area contributed by atoms with Crippen LogP contribution in [0.3, 0.4) is 0 Å². The van der Waals surface area contributed by atoms with Crippen molar-refractivity contribution in [1.82, 2.24) is 25.2 Å². The molecular weight excluding hydrogens is 242 g/mol. The number of carbonyl (C=O) groups is 1. The van der Waals surface area contributed by atoms with Crippen molar-refractivity contribution in [3.05, 3.63) is 11.4 Å². The minimum absolute atomic E-state index is 0.0470. The Hall–Kier alpha value is -1.43. The molecule has 2 rings (SSSR count). The lowest BCUT2D eigenvalue weighted by atomic mass is 10.1. The number of amides is 1. The van der Waals surface area contributed by atoms with Gasteiger partial charge in [0.2, 0.25) is 0 Å². The Balaban J connectivity index is 1.90. The third-order valence-electron chi connectivity index (χ3n) is 3.85. The van der Waals surface area contributed by atoms with Gasteiger partial charge >= 0.3 is 0 Å². The quantitative estimate of drug-likeness (QED) is 0.879. The van der Waals surface area contributed by atoms with Crippen molar-refractivity contribution in [2.45, 2.75) is 33.2 Å². The summed E-state index contributed by atoms with van der Waals surface area (Å²) in [6.07, 6.45) is 1.16. The fraction of sp³-hybridized carbons (Fsp3) is 0.769. The highest BCUT2D eigenvalue weighted by Gasteiger charge is 2.27. The molecule has 0 aliphatic carbocycles. The lowest BCUT2D eigenvalue weighted by Gasteiger charge is -2.23. The molecule has 6 nitrogen and oxygen atoms in total. The third kappa shape index (κ3) is 3.12. The molecule has 1 unspecified atom stereocenters. The molecule has 1 atom stereocenters. The molecular formula is C13H23N5O. The average Bonchev–Trinajstić information content (AvgIpc) is 2.97. The zero-order valence-electron chi connectivity index (χ0n) is 12.2. The topological polar surface area (TPSA) is 65.1 Å². The van der Waals surface area contributed by atoms with Crippen LogP contribution in [0.1, 0.15) is 36.5 Å². The van der Waals surface area contributed by atoms with Gasteiger partial charge in [0.1, 0.15) is 0 Å². The van der Waals surface area contributed by atoms with Crippen molar-refractivity contribution in [3.8, 4) is 0 Å². The first-order valence-corrected chi connectivity index (χ1v) is 6.86. The van der Waals surface area contributed by atoms with Gasteiger partial charge in [-0.25, -0.2) is 0 Å². The summed E-state index contributed by atoms with van der Waals surface area (Å²) < 4.78 is 0. The molecule has 1 N–H and O–H groups in total. The first-order chi connectivity index (χ1) is 8.99. The molecule has 106 valence electrons. The van der Waals surface area contributed by atoms with Crippen LogP contribution < -0.4 is 0 Å². The van der Waals surface area contributed by atoms with Gasteiger partial charge in [-0.15, -0.1) is 0 Å². The van der Waals surface area contributed by atoms with Crippen molar-refractivity contribution < 1.29 is 4.79 Å². The van der Waals surface area contributed by atoms with Gasteiger partial charge in [0.05, 0.1) is 5.69 Å². The van der Waals surface area contributed by atoms with E-state index >= 15 is 0 Å². The Morgan fingerprint density at radius 1 is 1.53 bits per heavy atom. The molecule has 1 aromatic heterocycles. The number of aryl methyl sites for hydroxylation is 1. The van der Waals surface area contributed by atoms with Crippen LogP contribution in [0.5, 0.6) is 0 Å². The Labute approximate surface area is 114 Å². The highest BCUT2D eigenvalue weighted by atomic mass is 16.2. The summed E-state index contributed by atoms with van der Waals surface area (Å²) >= 11 is 0. The number of aromatic nitrogens is 3. The molecule has 0 saturated carbocycles. The molecule has 0 radical (unpaired) electrons. The van der Waals surface area contributed by atoms with Gasteiger partial charge in [0.15, 0.2) is 5.69 Å². The van der Waals surface area contributed by atoms with E-state index in [-0.39, 0.29) is 5.91 Å². The third-order valence-corrected chi connectivity index (χ3v) is 3.85. The summed E-state index contributed by atoms with van der Waals surface area (Å²) in [5, 5.41) is 10.3. The number of hydrogen-bond acceptors (Lipinski definition) is 4. The second-order valence-corrected chi connectivity index (χ2v) is 5.69. The lowest BCUT2D eigenvalue weighted by Crippen LogP contribution is -2.34. The maximum Gasteiger partial charge on any atom is 0.276 e. The minimum Gasteiger partial charge on any atom is -0.340 e. The normalized spacial score (nSPS) is 20.2. The Kier molecular flexibility index (Phi) is 4.19. The Morgan fingerprint density at radius 2 is 2.26 bits per heavy atom. The van der Waals surface area contributed by atoms with Crippen LogP contribution >= 0.6 is 0 Å². The predicted octanol–water partition coefficient (Wildman–Crippen LogP) is 0.915. The number of H-pyrrole nitrogens is 1. The summed E-state index contributed by atoms with van der Waals surface area (Å²) in [7, 11) is 1.84. The number of nitrogens with zero attached hydrogens (tertiary/aromatic N) is 4. The molecule has 6 heteroatoms. The van der Waals surface area contributed by atoms with Gasteiger partial charge in [-0.1, -0.05) is 0 Å². The number of nitrogens with one attached hydrogen (secondary N) is 1. The fourth-order valence-corrected chi connectivity index (χ4v) is 2.62. The van der Waals surface area contributed by atoms with E-state index in [1.807, 2.05) is 7.05 Å². The van der Waals surface area contributed by atoms with Crippen molar-refractivity contribution in [3.63, 3.8) is 0 Å². The highest BCUT2D eigenvalue weighted by molar-refractivity contribution is 5.92. The number of hydrogen-bond donors (Lipinski definition) is 1. The SMILES string of the molecule is Cc1n[nH]nc1C(=O)N(C)CC1CCN(C(C)C)C1. The largest absolute Gasteiger partial charge is 0.340 e. The molecule has 0 bridgehead atoms. The first kappa shape index (κ1) is 14.0. The molecule has 0 spiro atoms. The van der Waals surface area contributed by atoms with Crippen molar-refractivity contribution in [1.29, 1.82) is 0 Å². The van der Waals surface area contributed by atoms with Gasteiger partial charge in [0.25, 0.3) is 5.91 Å². The van der Waals surface area contributed by atoms with Crippen molar-refractivity contribution >= 4 is 5.91 Å². The van der Waals surface area contributed by atoms with E-state index in [2.05, 4.69) is 34.2 Å². The fourth-order valence-electron chi connectivity index (χ4n) is 2.62. The highest BCUT2D eigenvalue weighted by Crippen LogP contribution is 2.19. The van der Waals surface area contributed by atoms with E-state index < -0.39 is 0 Å². The van der Waals surface area contributed by atoms with E-state index in [0.29, 0.717) is 23.3 Å². The van der Waals surface area contributed by atoms with Crippen LogP contribution in [-0.4, -0.2) is 63.8 Å². The predicted molar refractivity (Wildman–Crippen MR) is 72.9 cm³/mol. The molecule has 19 heavy (non-hydrogen) atoms. The van der Waals surface area contributed by atoms with Gasteiger partial charge in [0, 0.05) is 26.2 Å². The minimum atomic E-state index is -0.0470. The molecule has 1 aliphatic heterocycles. The number of rotatable bonds is 4. The van der Waals surface area contributed by atoms with E-state index in [1.54, 1.807) is 11.8 Å². The summed E-state index contributed by atoms with van der Waals surface area (Å²) in [6.45, 7) is 9.22. The number of likely N-dealkylation sites (tertiary alicyclic amines) is 1. The maximum atomic E-state index is 12.2. The van der Waals surface area contributed by atoms with E-state index in [4.69, 9.17) is 0 Å².